The summed E-state index contributed by atoms with van der Waals surface area (Å²) in [6.07, 6.45) is 5.42. The molecule has 4 rings (SSSR count). The molecule has 0 spiro atoms. The normalized spacial score (nSPS) is 14.6. The van der Waals surface area contributed by atoms with Crippen molar-refractivity contribution in [2.45, 2.75) is 18.9 Å². The van der Waals surface area contributed by atoms with E-state index in [9.17, 15) is 9.59 Å². The molecule has 0 aliphatic carbocycles. The van der Waals surface area contributed by atoms with Gasteiger partial charge in [-0.1, -0.05) is 11.8 Å². The first kappa shape index (κ1) is 20.6. The Morgan fingerprint density at radius 2 is 2.10 bits per heavy atom. The maximum Gasteiger partial charge on any atom is 0.260 e. The standard InChI is InChI=1S/C23H24N6O2/c1-29-12-8-17(9-13-29)27-21-15-26-19-7-6-16(14-20(19)28-21)4-2-10-24-22(30)18-5-3-11-25-23(18)31/h3,5-7,11,14-15,17H,8-10,12-13H2,1H3,(H,24,30)(H,25,31)(H,27,28). The van der Waals surface area contributed by atoms with E-state index in [-0.39, 0.29) is 12.1 Å². The van der Waals surface area contributed by atoms with Gasteiger partial charge in [-0.3, -0.25) is 14.6 Å². The predicted octanol–water partition coefficient (Wildman–Crippen LogP) is 1.61. The Balaban J connectivity index is 1.40. The number of fused-ring (bicyclic) bond motifs is 1. The molecule has 1 aliphatic heterocycles. The van der Waals surface area contributed by atoms with E-state index in [4.69, 9.17) is 4.98 Å². The molecule has 1 amide bonds. The van der Waals surface area contributed by atoms with Crippen molar-refractivity contribution in [1.82, 2.24) is 25.2 Å². The minimum Gasteiger partial charge on any atom is -0.366 e. The lowest BCUT2D eigenvalue weighted by Gasteiger charge is -2.29. The molecule has 0 saturated carbocycles. The van der Waals surface area contributed by atoms with E-state index >= 15 is 0 Å². The van der Waals surface area contributed by atoms with Crippen LogP contribution >= 0.6 is 0 Å². The molecule has 8 nitrogen and oxygen atoms in total. The first-order valence-electron chi connectivity index (χ1n) is 10.2. The van der Waals surface area contributed by atoms with Gasteiger partial charge < -0.3 is 20.5 Å². The number of hydrogen-bond acceptors (Lipinski definition) is 6. The van der Waals surface area contributed by atoms with Gasteiger partial charge in [0.15, 0.2) is 0 Å². The number of aromatic nitrogens is 3. The van der Waals surface area contributed by atoms with Gasteiger partial charge in [0.1, 0.15) is 11.4 Å². The van der Waals surface area contributed by atoms with Crippen LogP contribution in [0, 0.1) is 11.8 Å². The highest BCUT2D eigenvalue weighted by atomic mass is 16.2. The van der Waals surface area contributed by atoms with Gasteiger partial charge in [0.2, 0.25) is 0 Å². The van der Waals surface area contributed by atoms with Crippen LogP contribution in [0.1, 0.15) is 28.8 Å². The molecule has 158 valence electrons. The van der Waals surface area contributed by atoms with Crippen LogP contribution in [-0.4, -0.2) is 58.5 Å². The number of anilines is 1. The lowest BCUT2D eigenvalue weighted by atomic mass is 10.1. The Hall–Kier alpha value is -3.70. The van der Waals surface area contributed by atoms with Gasteiger partial charge in [-0.25, -0.2) is 4.98 Å². The van der Waals surface area contributed by atoms with Crippen LogP contribution in [-0.2, 0) is 0 Å². The van der Waals surface area contributed by atoms with Crippen molar-refractivity contribution >= 4 is 22.8 Å². The number of H-pyrrole nitrogens is 1. The molecule has 0 atom stereocenters. The topological polar surface area (TPSA) is 103 Å². The van der Waals surface area contributed by atoms with Gasteiger partial charge in [0, 0.05) is 17.8 Å². The number of pyridine rings is 1. The quantitative estimate of drug-likeness (QED) is 0.559. The van der Waals surface area contributed by atoms with Gasteiger partial charge in [0.25, 0.3) is 11.5 Å². The minimum atomic E-state index is -0.454. The average molecular weight is 416 g/mol. The number of hydrogen-bond donors (Lipinski definition) is 3. The van der Waals surface area contributed by atoms with Gasteiger partial charge >= 0.3 is 0 Å². The molecule has 1 aliphatic rings. The first-order valence-corrected chi connectivity index (χ1v) is 10.2. The Bertz CT molecular complexity index is 1200. The van der Waals surface area contributed by atoms with E-state index in [1.54, 1.807) is 12.3 Å². The van der Waals surface area contributed by atoms with E-state index in [0.29, 0.717) is 6.04 Å². The summed E-state index contributed by atoms with van der Waals surface area (Å²) in [5, 5.41) is 6.12. The summed E-state index contributed by atoms with van der Waals surface area (Å²) in [6, 6.07) is 9.13. The Kier molecular flexibility index (Phi) is 6.24. The lowest BCUT2D eigenvalue weighted by molar-refractivity contribution is 0.0957. The molecule has 0 radical (unpaired) electrons. The highest BCUT2D eigenvalue weighted by Gasteiger charge is 2.16. The third-order valence-corrected chi connectivity index (χ3v) is 5.25. The van der Waals surface area contributed by atoms with Crippen molar-refractivity contribution in [3.8, 4) is 11.8 Å². The summed E-state index contributed by atoms with van der Waals surface area (Å²) >= 11 is 0. The van der Waals surface area contributed by atoms with E-state index in [0.717, 1.165) is 48.3 Å². The molecule has 1 saturated heterocycles. The van der Waals surface area contributed by atoms with Crippen LogP contribution in [0.15, 0.2) is 47.5 Å². The zero-order valence-corrected chi connectivity index (χ0v) is 17.3. The zero-order valence-electron chi connectivity index (χ0n) is 17.3. The number of likely N-dealkylation sites (tertiary alicyclic amines) is 1. The maximum atomic E-state index is 12.0. The predicted molar refractivity (Wildman–Crippen MR) is 120 cm³/mol. The number of carbonyl (C=O) groups is 1. The van der Waals surface area contributed by atoms with Gasteiger partial charge in [0.05, 0.1) is 23.8 Å². The van der Waals surface area contributed by atoms with Crippen molar-refractivity contribution in [3.05, 3.63) is 64.2 Å². The maximum absolute atomic E-state index is 12.0. The number of piperidine rings is 1. The average Bonchev–Trinajstić information content (AvgIpc) is 2.78. The van der Waals surface area contributed by atoms with E-state index in [1.807, 2.05) is 18.2 Å². The number of rotatable bonds is 4. The van der Waals surface area contributed by atoms with Crippen molar-refractivity contribution < 1.29 is 4.79 Å². The highest BCUT2D eigenvalue weighted by Crippen LogP contribution is 2.17. The van der Waals surface area contributed by atoms with Crippen LogP contribution in [0.4, 0.5) is 5.82 Å². The third kappa shape index (κ3) is 5.27. The molecule has 3 heterocycles. The fraction of sp³-hybridized carbons (Fsp3) is 0.304. The number of nitrogens with one attached hydrogen (secondary N) is 3. The van der Waals surface area contributed by atoms with E-state index in [2.05, 4.69) is 44.4 Å². The first-order chi connectivity index (χ1) is 15.1. The van der Waals surface area contributed by atoms with Gasteiger partial charge in [-0.05, 0) is 63.3 Å². The van der Waals surface area contributed by atoms with E-state index < -0.39 is 11.5 Å². The Morgan fingerprint density at radius 3 is 2.90 bits per heavy atom. The molecular weight excluding hydrogens is 392 g/mol. The van der Waals surface area contributed by atoms with Gasteiger partial charge in [-0.15, -0.1) is 0 Å². The molecular formula is C23H24N6O2. The fourth-order valence-corrected chi connectivity index (χ4v) is 3.49. The summed E-state index contributed by atoms with van der Waals surface area (Å²) in [7, 11) is 2.14. The molecule has 0 unspecified atom stereocenters. The second kappa shape index (κ2) is 9.41. The van der Waals surface area contributed by atoms with Crippen LogP contribution in [0.2, 0.25) is 0 Å². The minimum absolute atomic E-state index is 0.0647. The number of amides is 1. The van der Waals surface area contributed by atoms with Crippen molar-refractivity contribution in [2.75, 3.05) is 32.0 Å². The summed E-state index contributed by atoms with van der Waals surface area (Å²) < 4.78 is 0. The monoisotopic (exact) mass is 416 g/mol. The summed E-state index contributed by atoms with van der Waals surface area (Å²) in [4.78, 5) is 37.7. The number of benzene rings is 1. The number of aromatic amines is 1. The summed E-state index contributed by atoms with van der Waals surface area (Å²) in [5.74, 6) is 6.25. The second-order valence-electron chi connectivity index (χ2n) is 7.58. The van der Waals surface area contributed by atoms with Crippen LogP contribution in [0.5, 0.6) is 0 Å². The molecule has 1 aromatic carbocycles. The molecule has 31 heavy (non-hydrogen) atoms. The smallest absolute Gasteiger partial charge is 0.260 e. The van der Waals surface area contributed by atoms with Crippen LogP contribution < -0.4 is 16.2 Å². The summed E-state index contributed by atoms with van der Waals surface area (Å²) in [5.41, 5.74) is 1.99. The molecule has 1 fully saturated rings. The van der Waals surface area contributed by atoms with Crippen LogP contribution in [0.3, 0.4) is 0 Å². The second-order valence-corrected chi connectivity index (χ2v) is 7.58. The van der Waals surface area contributed by atoms with E-state index in [1.165, 1.54) is 12.3 Å². The number of nitrogens with zero attached hydrogens (tertiary/aromatic N) is 3. The molecule has 3 aromatic rings. The Labute approximate surface area is 180 Å². The third-order valence-electron chi connectivity index (χ3n) is 5.25. The lowest BCUT2D eigenvalue weighted by Crippen LogP contribution is -2.36. The molecule has 8 heteroatoms. The molecule has 3 N–H and O–H groups in total. The largest absolute Gasteiger partial charge is 0.366 e. The van der Waals surface area contributed by atoms with Crippen LogP contribution in [0.25, 0.3) is 11.0 Å². The van der Waals surface area contributed by atoms with Crippen molar-refractivity contribution in [1.29, 1.82) is 0 Å². The molecule has 0 bridgehead atoms. The number of carbonyl (C=O) groups excluding carboxylic acids is 1. The van der Waals surface area contributed by atoms with Gasteiger partial charge in [-0.2, -0.15) is 0 Å². The highest BCUT2D eigenvalue weighted by molar-refractivity contribution is 5.93. The SMILES string of the molecule is CN1CCC(Nc2cnc3ccc(C#CCNC(=O)c4ccc[nH]c4=O)cc3n2)CC1. The summed E-state index contributed by atoms with van der Waals surface area (Å²) in [6.45, 7) is 2.29. The fourth-order valence-electron chi connectivity index (χ4n) is 3.49. The molecule has 2 aromatic heterocycles. The zero-order chi connectivity index (χ0) is 21.6. The Morgan fingerprint density at radius 1 is 1.26 bits per heavy atom. The van der Waals surface area contributed by atoms with Crippen molar-refractivity contribution in [2.24, 2.45) is 0 Å². The van der Waals surface area contributed by atoms with Crippen molar-refractivity contribution in [3.63, 3.8) is 0 Å².